The van der Waals surface area contributed by atoms with Crippen molar-refractivity contribution in [1.82, 2.24) is 10.2 Å². The van der Waals surface area contributed by atoms with Gasteiger partial charge in [-0.1, -0.05) is 48.5 Å². The summed E-state index contributed by atoms with van der Waals surface area (Å²) in [6.07, 6.45) is 1.73. The van der Waals surface area contributed by atoms with Gasteiger partial charge in [-0.15, -0.1) is 6.58 Å². The van der Waals surface area contributed by atoms with Crippen LogP contribution in [-0.4, -0.2) is 42.2 Å². The average molecular weight is 312 g/mol. The number of amides is 1. The molecule has 0 spiro atoms. The molecule has 1 atom stereocenters. The van der Waals surface area contributed by atoms with E-state index in [4.69, 9.17) is 5.11 Å². The van der Waals surface area contributed by atoms with Crippen molar-refractivity contribution in [2.45, 2.75) is 13.0 Å². The first-order chi connectivity index (χ1) is 11.2. The number of hydrogen-bond acceptors (Lipinski definition) is 3. The minimum absolute atomic E-state index is 0.0278. The molecule has 0 radical (unpaired) electrons. The van der Waals surface area contributed by atoms with Crippen molar-refractivity contribution < 1.29 is 9.90 Å². The van der Waals surface area contributed by atoms with Crippen LogP contribution in [0.2, 0.25) is 0 Å². The number of hydrogen-bond donors (Lipinski definition) is 2. The van der Waals surface area contributed by atoms with Gasteiger partial charge in [0.15, 0.2) is 0 Å². The Hall–Kier alpha value is -2.17. The SMILES string of the molecule is C=CCN(CCO)CC(=O)NC(C)c1cccc2ccccc12. The van der Waals surface area contributed by atoms with E-state index in [2.05, 4.69) is 30.1 Å². The van der Waals surface area contributed by atoms with Gasteiger partial charge in [0.25, 0.3) is 0 Å². The van der Waals surface area contributed by atoms with Crippen LogP contribution in [-0.2, 0) is 4.79 Å². The van der Waals surface area contributed by atoms with Gasteiger partial charge in [0, 0.05) is 13.1 Å². The number of benzene rings is 2. The van der Waals surface area contributed by atoms with Crippen molar-refractivity contribution in [3.05, 3.63) is 60.7 Å². The summed E-state index contributed by atoms with van der Waals surface area (Å²) in [4.78, 5) is 14.1. The molecule has 4 nitrogen and oxygen atoms in total. The van der Waals surface area contributed by atoms with Gasteiger partial charge in [-0.2, -0.15) is 0 Å². The Labute approximate surface area is 137 Å². The third kappa shape index (κ3) is 4.65. The van der Waals surface area contributed by atoms with E-state index in [1.807, 2.05) is 36.1 Å². The Bertz CT molecular complexity index is 664. The van der Waals surface area contributed by atoms with E-state index in [0.717, 1.165) is 10.9 Å². The average Bonchev–Trinajstić information content (AvgIpc) is 2.54. The fourth-order valence-electron chi connectivity index (χ4n) is 2.75. The summed E-state index contributed by atoms with van der Waals surface area (Å²) in [7, 11) is 0. The van der Waals surface area contributed by atoms with Gasteiger partial charge < -0.3 is 10.4 Å². The summed E-state index contributed by atoms with van der Waals surface area (Å²) >= 11 is 0. The second-order valence-electron chi connectivity index (χ2n) is 5.60. The summed E-state index contributed by atoms with van der Waals surface area (Å²) < 4.78 is 0. The van der Waals surface area contributed by atoms with Crippen LogP contribution in [0.25, 0.3) is 10.8 Å². The largest absolute Gasteiger partial charge is 0.395 e. The molecular formula is C19H24N2O2. The maximum Gasteiger partial charge on any atom is 0.234 e. The van der Waals surface area contributed by atoms with Crippen molar-refractivity contribution in [3.63, 3.8) is 0 Å². The van der Waals surface area contributed by atoms with E-state index in [0.29, 0.717) is 13.1 Å². The number of rotatable bonds is 8. The summed E-state index contributed by atoms with van der Waals surface area (Å²) in [5, 5.41) is 14.4. The van der Waals surface area contributed by atoms with Crippen molar-refractivity contribution >= 4 is 16.7 Å². The Morgan fingerprint density at radius 1 is 1.30 bits per heavy atom. The Morgan fingerprint density at radius 2 is 2.04 bits per heavy atom. The highest BCUT2D eigenvalue weighted by atomic mass is 16.3. The molecule has 23 heavy (non-hydrogen) atoms. The van der Waals surface area contributed by atoms with Crippen LogP contribution in [0.15, 0.2) is 55.1 Å². The third-order valence-electron chi connectivity index (χ3n) is 3.84. The van der Waals surface area contributed by atoms with Gasteiger partial charge in [-0.3, -0.25) is 9.69 Å². The predicted octanol–water partition coefficient (Wildman–Crippen LogP) is 2.50. The normalized spacial score (nSPS) is 12.3. The molecule has 0 fully saturated rings. The fraction of sp³-hybridized carbons (Fsp3) is 0.316. The summed E-state index contributed by atoms with van der Waals surface area (Å²) in [5.41, 5.74) is 1.11. The first-order valence-electron chi connectivity index (χ1n) is 7.87. The number of carbonyl (C=O) groups excluding carboxylic acids is 1. The quantitative estimate of drug-likeness (QED) is 0.736. The van der Waals surface area contributed by atoms with E-state index in [1.165, 1.54) is 5.39 Å². The van der Waals surface area contributed by atoms with Crippen LogP contribution < -0.4 is 5.32 Å². The Kier molecular flexibility index (Phi) is 6.32. The molecule has 2 rings (SSSR count). The second kappa shape index (κ2) is 8.46. The van der Waals surface area contributed by atoms with Crippen molar-refractivity contribution in [1.29, 1.82) is 0 Å². The van der Waals surface area contributed by atoms with Gasteiger partial charge >= 0.3 is 0 Å². The molecule has 0 saturated heterocycles. The van der Waals surface area contributed by atoms with Crippen molar-refractivity contribution in [2.24, 2.45) is 0 Å². The Balaban J connectivity index is 2.06. The smallest absolute Gasteiger partial charge is 0.234 e. The van der Waals surface area contributed by atoms with E-state index in [-0.39, 0.29) is 25.1 Å². The lowest BCUT2D eigenvalue weighted by molar-refractivity contribution is -0.122. The maximum atomic E-state index is 12.3. The number of aliphatic hydroxyl groups is 1. The summed E-state index contributed by atoms with van der Waals surface area (Å²) in [6, 6.07) is 14.2. The van der Waals surface area contributed by atoms with E-state index in [9.17, 15) is 4.79 Å². The fourth-order valence-corrected chi connectivity index (χ4v) is 2.75. The topological polar surface area (TPSA) is 52.6 Å². The minimum atomic E-state index is -0.0756. The van der Waals surface area contributed by atoms with Gasteiger partial charge in [0.05, 0.1) is 19.2 Å². The van der Waals surface area contributed by atoms with Crippen molar-refractivity contribution in [2.75, 3.05) is 26.2 Å². The molecule has 0 aromatic heterocycles. The van der Waals surface area contributed by atoms with Crippen LogP contribution in [0, 0.1) is 0 Å². The first kappa shape index (κ1) is 17.2. The molecule has 0 saturated carbocycles. The molecule has 0 heterocycles. The van der Waals surface area contributed by atoms with Crippen LogP contribution in [0.1, 0.15) is 18.5 Å². The van der Waals surface area contributed by atoms with Gasteiger partial charge in [-0.05, 0) is 23.3 Å². The molecule has 1 unspecified atom stereocenters. The zero-order valence-electron chi connectivity index (χ0n) is 13.5. The molecule has 2 N–H and O–H groups in total. The zero-order valence-corrected chi connectivity index (χ0v) is 13.5. The van der Waals surface area contributed by atoms with E-state index in [1.54, 1.807) is 6.08 Å². The van der Waals surface area contributed by atoms with E-state index >= 15 is 0 Å². The molecule has 2 aromatic carbocycles. The lowest BCUT2D eigenvalue weighted by atomic mass is 10.00. The highest BCUT2D eigenvalue weighted by Gasteiger charge is 2.14. The number of fused-ring (bicyclic) bond motifs is 1. The lowest BCUT2D eigenvalue weighted by Gasteiger charge is -2.21. The lowest BCUT2D eigenvalue weighted by Crippen LogP contribution is -2.39. The number of nitrogens with zero attached hydrogens (tertiary/aromatic N) is 1. The van der Waals surface area contributed by atoms with Crippen LogP contribution in [0.4, 0.5) is 0 Å². The van der Waals surface area contributed by atoms with Crippen LogP contribution in [0.5, 0.6) is 0 Å². The third-order valence-corrected chi connectivity index (χ3v) is 3.84. The molecule has 4 heteroatoms. The first-order valence-corrected chi connectivity index (χ1v) is 7.87. The Morgan fingerprint density at radius 3 is 2.78 bits per heavy atom. The standard InChI is InChI=1S/C19H24N2O2/c1-3-11-21(12-13-22)14-19(23)20-15(2)17-10-6-8-16-7-4-5-9-18(16)17/h3-10,15,22H,1,11-14H2,2H3,(H,20,23). The van der Waals surface area contributed by atoms with Gasteiger partial charge in [-0.25, -0.2) is 0 Å². The molecule has 0 aliphatic rings. The van der Waals surface area contributed by atoms with Gasteiger partial charge in [0.1, 0.15) is 0 Å². The number of aliphatic hydroxyl groups excluding tert-OH is 1. The highest BCUT2D eigenvalue weighted by molar-refractivity contribution is 5.87. The molecular weight excluding hydrogens is 288 g/mol. The molecule has 2 aromatic rings. The molecule has 0 aliphatic carbocycles. The van der Waals surface area contributed by atoms with E-state index < -0.39 is 0 Å². The van der Waals surface area contributed by atoms with Gasteiger partial charge in [0.2, 0.25) is 5.91 Å². The highest BCUT2D eigenvalue weighted by Crippen LogP contribution is 2.23. The molecule has 1 amide bonds. The zero-order chi connectivity index (χ0) is 16.7. The predicted molar refractivity (Wildman–Crippen MR) is 94.2 cm³/mol. The minimum Gasteiger partial charge on any atom is -0.395 e. The number of carbonyl (C=O) groups is 1. The second-order valence-corrected chi connectivity index (χ2v) is 5.60. The summed E-state index contributed by atoms with van der Waals surface area (Å²) in [6.45, 7) is 6.99. The van der Waals surface area contributed by atoms with Crippen LogP contribution >= 0.6 is 0 Å². The molecule has 0 aliphatic heterocycles. The monoisotopic (exact) mass is 312 g/mol. The van der Waals surface area contributed by atoms with Crippen molar-refractivity contribution in [3.8, 4) is 0 Å². The number of nitrogens with one attached hydrogen (secondary N) is 1. The maximum absolute atomic E-state index is 12.3. The summed E-state index contributed by atoms with van der Waals surface area (Å²) in [5.74, 6) is -0.0549. The van der Waals surface area contributed by atoms with Crippen LogP contribution in [0.3, 0.4) is 0 Å². The molecule has 122 valence electrons. The molecule has 0 bridgehead atoms.